The largest absolute Gasteiger partial charge is 0.478 e. The maximum Gasteiger partial charge on any atom is 0.410 e. The van der Waals surface area contributed by atoms with Crippen LogP contribution in [0.5, 0.6) is 0 Å². The highest BCUT2D eigenvalue weighted by Gasteiger charge is 2.37. The van der Waals surface area contributed by atoms with E-state index in [1.807, 2.05) is 18.2 Å². The fourth-order valence-electron chi connectivity index (χ4n) is 2.77. The third kappa shape index (κ3) is 4.60. The number of nitrogens with zero attached hydrogens (tertiary/aromatic N) is 2. The van der Waals surface area contributed by atoms with Gasteiger partial charge in [0, 0.05) is 24.9 Å². The van der Waals surface area contributed by atoms with Crippen molar-refractivity contribution in [1.82, 2.24) is 15.2 Å². The van der Waals surface area contributed by atoms with Crippen LogP contribution in [-0.2, 0) is 22.5 Å². The number of carbonyl (C=O) groups is 3. The van der Waals surface area contributed by atoms with E-state index in [0.29, 0.717) is 18.5 Å². The molecule has 1 saturated heterocycles. The van der Waals surface area contributed by atoms with Crippen LogP contribution in [0.3, 0.4) is 0 Å². The first-order valence-corrected chi connectivity index (χ1v) is 8.48. The van der Waals surface area contributed by atoms with Gasteiger partial charge in [-0.05, 0) is 29.8 Å². The lowest BCUT2D eigenvalue weighted by atomic mass is 10.1. The summed E-state index contributed by atoms with van der Waals surface area (Å²) < 4.78 is 5.02. The van der Waals surface area contributed by atoms with Crippen LogP contribution in [0.25, 0.3) is 0 Å². The number of cyclic esters (lactones) is 1. The number of aromatic nitrogens is 1. The minimum absolute atomic E-state index is 0.0124. The van der Waals surface area contributed by atoms with Gasteiger partial charge in [0.1, 0.15) is 12.6 Å². The summed E-state index contributed by atoms with van der Waals surface area (Å²) in [5.74, 6) is -1.31. The SMILES string of the molecule is O=C(O)c1ccc(CN2C(=O)OC[C@H]2C(=O)NCCc2ccccn2)cc1. The summed E-state index contributed by atoms with van der Waals surface area (Å²) in [5.41, 5.74) is 1.74. The Balaban J connectivity index is 1.58. The maximum absolute atomic E-state index is 12.4. The number of hydrogen-bond acceptors (Lipinski definition) is 5. The minimum atomic E-state index is -1.02. The van der Waals surface area contributed by atoms with Crippen LogP contribution in [0.4, 0.5) is 4.79 Å². The molecule has 2 N–H and O–H groups in total. The molecule has 0 spiro atoms. The zero-order chi connectivity index (χ0) is 19.2. The molecule has 0 bridgehead atoms. The van der Waals surface area contributed by atoms with Crippen LogP contribution >= 0.6 is 0 Å². The van der Waals surface area contributed by atoms with E-state index in [0.717, 1.165) is 5.69 Å². The van der Waals surface area contributed by atoms with E-state index in [-0.39, 0.29) is 24.6 Å². The second-order valence-electron chi connectivity index (χ2n) is 6.08. The Morgan fingerprint density at radius 3 is 2.67 bits per heavy atom. The van der Waals surface area contributed by atoms with E-state index in [2.05, 4.69) is 10.3 Å². The molecule has 2 amide bonds. The third-order valence-corrected chi connectivity index (χ3v) is 4.24. The molecule has 0 radical (unpaired) electrons. The first kappa shape index (κ1) is 18.4. The van der Waals surface area contributed by atoms with Gasteiger partial charge in [0.15, 0.2) is 0 Å². The minimum Gasteiger partial charge on any atom is -0.478 e. The molecule has 27 heavy (non-hydrogen) atoms. The van der Waals surface area contributed by atoms with Crippen LogP contribution < -0.4 is 5.32 Å². The molecular weight excluding hydrogens is 350 g/mol. The Morgan fingerprint density at radius 2 is 2.00 bits per heavy atom. The Bertz CT molecular complexity index is 823. The van der Waals surface area contributed by atoms with Gasteiger partial charge in [-0.3, -0.25) is 14.7 Å². The summed E-state index contributed by atoms with van der Waals surface area (Å²) in [7, 11) is 0. The number of amides is 2. The van der Waals surface area contributed by atoms with Crippen molar-refractivity contribution < 1.29 is 24.2 Å². The van der Waals surface area contributed by atoms with Gasteiger partial charge in [0.2, 0.25) is 5.91 Å². The Labute approximate surface area is 155 Å². The number of pyridine rings is 1. The quantitative estimate of drug-likeness (QED) is 0.765. The second-order valence-corrected chi connectivity index (χ2v) is 6.08. The highest BCUT2D eigenvalue weighted by Crippen LogP contribution is 2.17. The normalized spacial score (nSPS) is 16.1. The van der Waals surface area contributed by atoms with Gasteiger partial charge in [-0.15, -0.1) is 0 Å². The number of rotatable bonds is 7. The van der Waals surface area contributed by atoms with Crippen LogP contribution in [-0.4, -0.2) is 52.2 Å². The third-order valence-electron chi connectivity index (χ3n) is 4.24. The number of ether oxygens (including phenoxy) is 1. The van der Waals surface area contributed by atoms with Gasteiger partial charge in [-0.2, -0.15) is 0 Å². The summed E-state index contributed by atoms with van der Waals surface area (Å²) in [6.45, 7) is 0.556. The summed E-state index contributed by atoms with van der Waals surface area (Å²) >= 11 is 0. The monoisotopic (exact) mass is 369 g/mol. The molecule has 1 atom stereocenters. The molecule has 8 nitrogen and oxygen atoms in total. The van der Waals surface area contributed by atoms with Gasteiger partial charge in [0.05, 0.1) is 12.1 Å². The van der Waals surface area contributed by atoms with Crippen molar-refractivity contribution in [1.29, 1.82) is 0 Å². The highest BCUT2D eigenvalue weighted by atomic mass is 16.6. The molecule has 1 aromatic heterocycles. The zero-order valence-corrected chi connectivity index (χ0v) is 14.5. The zero-order valence-electron chi connectivity index (χ0n) is 14.5. The van der Waals surface area contributed by atoms with Crippen LogP contribution in [0.1, 0.15) is 21.6 Å². The lowest BCUT2D eigenvalue weighted by molar-refractivity contribution is -0.124. The predicted octanol–water partition coefficient (Wildman–Crippen LogP) is 1.46. The number of aromatic carboxylic acids is 1. The number of hydrogen-bond donors (Lipinski definition) is 2. The molecule has 3 rings (SSSR count). The van der Waals surface area contributed by atoms with Crippen molar-refractivity contribution in [3.63, 3.8) is 0 Å². The fraction of sp³-hybridized carbons (Fsp3) is 0.263. The van der Waals surface area contributed by atoms with Crippen LogP contribution in [0.15, 0.2) is 48.7 Å². The van der Waals surface area contributed by atoms with Gasteiger partial charge < -0.3 is 15.2 Å². The van der Waals surface area contributed by atoms with Crippen molar-refractivity contribution in [3.05, 3.63) is 65.5 Å². The molecule has 140 valence electrons. The Kier molecular flexibility index (Phi) is 5.65. The Morgan fingerprint density at radius 1 is 1.22 bits per heavy atom. The molecule has 8 heteroatoms. The highest BCUT2D eigenvalue weighted by molar-refractivity contribution is 5.88. The lowest BCUT2D eigenvalue weighted by Gasteiger charge is -2.21. The van der Waals surface area contributed by atoms with E-state index in [4.69, 9.17) is 9.84 Å². The average molecular weight is 369 g/mol. The number of carboxylic acid groups (broad SMARTS) is 1. The number of carbonyl (C=O) groups excluding carboxylic acids is 2. The van der Waals surface area contributed by atoms with Crippen LogP contribution in [0, 0.1) is 0 Å². The van der Waals surface area contributed by atoms with Gasteiger partial charge in [-0.1, -0.05) is 18.2 Å². The van der Waals surface area contributed by atoms with E-state index in [9.17, 15) is 14.4 Å². The molecule has 2 aromatic rings. The summed E-state index contributed by atoms with van der Waals surface area (Å²) in [4.78, 5) is 40.9. The van der Waals surface area contributed by atoms with Crippen molar-refractivity contribution in [3.8, 4) is 0 Å². The molecule has 1 fully saturated rings. The van der Waals surface area contributed by atoms with Crippen molar-refractivity contribution in [2.75, 3.05) is 13.2 Å². The lowest BCUT2D eigenvalue weighted by Crippen LogP contribution is -2.45. The van der Waals surface area contributed by atoms with E-state index >= 15 is 0 Å². The van der Waals surface area contributed by atoms with Gasteiger partial charge >= 0.3 is 12.1 Å². The molecule has 0 saturated carbocycles. The van der Waals surface area contributed by atoms with E-state index in [1.54, 1.807) is 18.3 Å². The summed E-state index contributed by atoms with van der Waals surface area (Å²) in [6, 6.07) is 11.0. The topological polar surface area (TPSA) is 109 Å². The number of benzene rings is 1. The molecule has 1 aliphatic heterocycles. The van der Waals surface area contributed by atoms with Gasteiger partial charge in [-0.25, -0.2) is 9.59 Å². The van der Waals surface area contributed by atoms with Crippen molar-refractivity contribution >= 4 is 18.0 Å². The average Bonchev–Trinajstić information content (AvgIpc) is 3.03. The molecule has 2 heterocycles. The first-order chi connectivity index (χ1) is 13.0. The van der Waals surface area contributed by atoms with Crippen molar-refractivity contribution in [2.45, 2.75) is 19.0 Å². The standard InChI is InChI=1S/C19H19N3O5/c23-17(21-10-8-15-3-1-2-9-20-15)16-12-27-19(26)22(16)11-13-4-6-14(7-5-13)18(24)25/h1-7,9,16H,8,10-12H2,(H,21,23)(H,24,25)/t16-/m0/s1. The number of nitrogens with one attached hydrogen (secondary N) is 1. The second kappa shape index (κ2) is 8.31. The summed E-state index contributed by atoms with van der Waals surface area (Å²) in [5, 5.41) is 11.7. The van der Waals surface area contributed by atoms with Crippen molar-refractivity contribution in [2.24, 2.45) is 0 Å². The van der Waals surface area contributed by atoms with E-state index < -0.39 is 18.1 Å². The smallest absolute Gasteiger partial charge is 0.410 e. The van der Waals surface area contributed by atoms with Crippen LogP contribution in [0.2, 0.25) is 0 Å². The first-order valence-electron chi connectivity index (χ1n) is 8.48. The van der Waals surface area contributed by atoms with E-state index in [1.165, 1.54) is 17.0 Å². The Hall–Kier alpha value is -3.42. The molecular formula is C19H19N3O5. The number of carboxylic acids is 1. The fourth-order valence-corrected chi connectivity index (χ4v) is 2.77. The summed E-state index contributed by atoms with van der Waals surface area (Å²) in [6.07, 6.45) is 1.71. The molecule has 1 aromatic carbocycles. The maximum atomic E-state index is 12.4. The van der Waals surface area contributed by atoms with Gasteiger partial charge in [0.25, 0.3) is 0 Å². The molecule has 0 unspecified atom stereocenters. The molecule has 0 aliphatic carbocycles. The molecule has 1 aliphatic rings. The predicted molar refractivity (Wildman–Crippen MR) is 95.0 cm³/mol.